The van der Waals surface area contributed by atoms with E-state index in [4.69, 9.17) is 4.74 Å². The Morgan fingerprint density at radius 2 is 1.88 bits per heavy atom. The highest BCUT2D eigenvalue weighted by molar-refractivity contribution is 5.80. The predicted octanol–water partition coefficient (Wildman–Crippen LogP) is 1.25. The van der Waals surface area contributed by atoms with Gasteiger partial charge in [-0.15, -0.1) is 0 Å². The standard InChI is InChI=1S/C19H31N3O4/c23-16(20-15-11-26-12-15)5-10-21-13-18(6-2-1-3-7-18)22(17(21)24)14-19(25)8-4-9-19/h15,25H,1-14H2,(H,20,23). The van der Waals surface area contributed by atoms with Gasteiger partial charge >= 0.3 is 6.03 Å². The van der Waals surface area contributed by atoms with Crippen LogP contribution in [0.4, 0.5) is 4.79 Å². The van der Waals surface area contributed by atoms with Crippen molar-refractivity contribution >= 4 is 11.9 Å². The van der Waals surface area contributed by atoms with E-state index in [0.717, 1.165) is 44.9 Å². The van der Waals surface area contributed by atoms with Crippen molar-refractivity contribution in [3.8, 4) is 0 Å². The molecular weight excluding hydrogens is 334 g/mol. The molecule has 0 bridgehead atoms. The number of amides is 3. The molecule has 7 nitrogen and oxygen atoms in total. The normalized spacial score (nSPS) is 27.3. The topological polar surface area (TPSA) is 82.1 Å². The highest BCUT2D eigenvalue weighted by atomic mass is 16.5. The number of carbonyl (C=O) groups excluding carboxylic acids is 2. The Kier molecular flexibility index (Phi) is 4.86. The largest absolute Gasteiger partial charge is 0.388 e. The predicted molar refractivity (Wildman–Crippen MR) is 95.7 cm³/mol. The zero-order chi connectivity index (χ0) is 18.2. The molecule has 2 heterocycles. The van der Waals surface area contributed by atoms with Crippen LogP contribution in [0, 0.1) is 0 Å². The Balaban J connectivity index is 1.39. The fourth-order valence-corrected chi connectivity index (χ4v) is 4.82. The Morgan fingerprint density at radius 1 is 1.15 bits per heavy atom. The summed E-state index contributed by atoms with van der Waals surface area (Å²) >= 11 is 0. The van der Waals surface area contributed by atoms with Gasteiger partial charge in [0.05, 0.1) is 36.9 Å². The first-order chi connectivity index (χ1) is 12.5. The molecule has 1 spiro atoms. The van der Waals surface area contributed by atoms with Crippen LogP contribution in [0.2, 0.25) is 0 Å². The van der Waals surface area contributed by atoms with Crippen molar-refractivity contribution in [3.63, 3.8) is 0 Å². The summed E-state index contributed by atoms with van der Waals surface area (Å²) in [7, 11) is 0. The van der Waals surface area contributed by atoms with E-state index < -0.39 is 5.60 Å². The lowest BCUT2D eigenvalue weighted by molar-refractivity contribution is -0.125. The molecule has 2 aliphatic carbocycles. The van der Waals surface area contributed by atoms with Crippen molar-refractivity contribution in [3.05, 3.63) is 0 Å². The molecule has 26 heavy (non-hydrogen) atoms. The van der Waals surface area contributed by atoms with E-state index in [9.17, 15) is 14.7 Å². The van der Waals surface area contributed by atoms with Crippen molar-refractivity contribution in [2.75, 3.05) is 32.8 Å². The lowest BCUT2D eigenvalue weighted by Gasteiger charge is -2.46. The summed E-state index contributed by atoms with van der Waals surface area (Å²) in [6.07, 6.45) is 8.47. The van der Waals surface area contributed by atoms with E-state index in [1.165, 1.54) is 6.42 Å². The molecule has 146 valence electrons. The van der Waals surface area contributed by atoms with Gasteiger partial charge in [0.15, 0.2) is 0 Å². The van der Waals surface area contributed by atoms with E-state index in [-0.39, 0.29) is 23.5 Å². The molecule has 4 rings (SSSR count). The van der Waals surface area contributed by atoms with Crippen LogP contribution in [0.3, 0.4) is 0 Å². The van der Waals surface area contributed by atoms with E-state index >= 15 is 0 Å². The molecule has 2 saturated heterocycles. The van der Waals surface area contributed by atoms with Crippen molar-refractivity contribution < 1.29 is 19.4 Å². The summed E-state index contributed by atoms with van der Waals surface area (Å²) in [6.45, 7) is 2.78. The number of nitrogens with zero attached hydrogens (tertiary/aromatic N) is 2. The van der Waals surface area contributed by atoms with Crippen LogP contribution in [-0.4, -0.2) is 76.9 Å². The van der Waals surface area contributed by atoms with Gasteiger partial charge in [-0.05, 0) is 32.1 Å². The third kappa shape index (κ3) is 3.43. The molecule has 4 aliphatic rings. The maximum Gasteiger partial charge on any atom is 0.320 e. The maximum atomic E-state index is 13.1. The van der Waals surface area contributed by atoms with Gasteiger partial charge in [-0.3, -0.25) is 4.79 Å². The van der Waals surface area contributed by atoms with Crippen molar-refractivity contribution in [2.45, 2.75) is 75.0 Å². The average Bonchev–Trinajstić information content (AvgIpc) is 2.81. The molecule has 0 unspecified atom stereocenters. The summed E-state index contributed by atoms with van der Waals surface area (Å²) in [4.78, 5) is 29.0. The van der Waals surface area contributed by atoms with Crippen molar-refractivity contribution in [2.24, 2.45) is 0 Å². The lowest BCUT2D eigenvalue weighted by Crippen LogP contribution is -2.56. The van der Waals surface area contributed by atoms with E-state index in [1.54, 1.807) is 0 Å². The lowest BCUT2D eigenvalue weighted by atomic mass is 9.76. The Bertz CT molecular complexity index is 553. The summed E-state index contributed by atoms with van der Waals surface area (Å²) in [5.41, 5.74) is -0.837. The van der Waals surface area contributed by atoms with Gasteiger partial charge in [-0.2, -0.15) is 0 Å². The van der Waals surface area contributed by atoms with Gasteiger partial charge in [0.25, 0.3) is 0 Å². The molecule has 0 aromatic heterocycles. The van der Waals surface area contributed by atoms with Crippen LogP contribution in [0.25, 0.3) is 0 Å². The number of β-amino-alcohol motifs (C(OH)–C–C–N with tert-alkyl or cyclic N) is 1. The number of aliphatic hydroxyl groups is 1. The molecule has 0 aromatic carbocycles. The minimum atomic E-state index is -0.697. The van der Waals surface area contributed by atoms with Crippen LogP contribution in [0.1, 0.15) is 57.8 Å². The van der Waals surface area contributed by atoms with Gasteiger partial charge in [-0.25, -0.2) is 4.79 Å². The molecule has 0 aromatic rings. The minimum Gasteiger partial charge on any atom is -0.388 e. The smallest absolute Gasteiger partial charge is 0.320 e. The zero-order valence-electron chi connectivity index (χ0n) is 15.5. The van der Waals surface area contributed by atoms with Crippen molar-refractivity contribution in [1.82, 2.24) is 15.1 Å². The molecule has 2 N–H and O–H groups in total. The first-order valence-corrected chi connectivity index (χ1v) is 10.2. The van der Waals surface area contributed by atoms with Crippen LogP contribution in [0.5, 0.6) is 0 Å². The van der Waals surface area contributed by atoms with Crippen molar-refractivity contribution in [1.29, 1.82) is 0 Å². The van der Waals surface area contributed by atoms with Gasteiger partial charge in [-0.1, -0.05) is 19.3 Å². The SMILES string of the molecule is O=C(CCN1CC2(CCCCC2)N(CC2(O)CCC2)C1=O)NC1COC1. The van der Waals surface area contributed by atoms with Crippen LogP contribution in [0.15, 0.2) is 0 Å². The summed E-state index contributed by atoms with van der Waals surface area (Å²) in [6, 6.07) is 0.137. The third-order valence-electron chi connectivity index (χ3n) is 6.69. The molecule has 0 atom stereocenters. The molecule has 2 saturated carbocycles. The molecule has 4 fully saturated rings. The molecule has 7 heteroatoms. The number of hydrogen-bond acceptors (Lipinski definition) is 4. The van der Waals surface area contributed by atoms with Crippen LogP contribution in [-0.2, 0) is 9.53 Å². The monoisotopic (exact) mass is 365 g/mol. The summed E-state index contributed by atoms with van der Waals surface area (Å²) in [5, 5.41) is 13.6. The number of nitrogens with one attached hydrogen (secondary N) is 1. The Morgan fingerprint density at radius 3 is 2.46 bits per heavy atom. The number of ether oxygens (including phenoxy) is 1. The Labute approximate surface area is 155 Å². The fraction of sp³-hybridized carbons (Fsp3) is 0.895. The molecule has 3 amide bonds. The molecule has 0 radical (unpaired) electrons. The number of carbonyl (C=O) groups is 2. The molecular formula is C19H31N3O4. The maximum absolute atomic E-state index is 13.1. The van der Waals surface area contributed by atoms with Gasteiger partial charge in [0, 0.05) is 19.5 Å². The van der Waals surface area contributed by atoms with Crippen LogP contribution >= 0.6 is 0 Å². The highest BCUT2D eigenvalue weighted by Crippen LogP contribution is 2.42. The van der Waals surface area contributed by atoms with Crippen LogP contribution < -0.4 is 5.32 Å². The average molecular weight is 365 g/mol. The quantitative estimate of drug-likeness (QED) is 0.742. The minimum absolute atomic E-state index is 0.00648. The number of urea groups is 1. The van der Waals surface area contributed by atoms with E-state index in [0.29, 0.717) is 39.3 Å². The van der Waals surface area contributed by atoms with Gasteiger partial charge < -0.3 is 25.0 Å². The number of rotatable bonds is 6. The molecule has 2 aliphatic heterocycles. The number of hydrogen-bond donors (Lipinski definition) is 2. The zero-order valence-corrected chi connectivity index (χ0v) is 15.5. The van der Waals surface area contributed by atoms with Gasteiger partial charge in [0.2, 0.25) is 5.91 Å². The first kappa shape index (κ1) is 18.0. The Hall–Kier alpha value is -1.34. The summed E-state index contributed by atoms with van der Waals surface area (Å²) < 4.78 is 5.07. The first-order valence-electron chi connectivity index (χ1n) is 10.2. The highest BCUT2D eigenvalue weighted by Gasteiger charge is 2.52. The second kappa shape index (κ2) is 7.00. The second-order valence-electron chi connectivity index (χ2n) is 8.71. The second-order valence-corrected chi connectivity index (χ2v) is 8.71. The van der Waals surface area contributed by atoms with E-state index in [2.05, 4.69) is 5.32 Å². The van der Waals surface area contributed by atoms with E-state index in [1.807, 2.05) is 9.80 Å². The fourth-order valence-electron chi connectivity index (χ4n) is 4.82. The van der Waals surface area contributed by atoms with Gasteiger partial charge in [0.1, 0.15) is 0 Å². The summed E-state index contributed by atoms with van der Waals surface area (Å²) in [5.74, 6) is -0.0140. The third-order valence-corrected chi connectivity index (χ3v) is 6.69.